The maximum Gasteiger partial charge on any atom is 0.501 e. The lowest BCUT2D eigenvalue weighted by molar-refractivity contribution is -0.0435. The number of nitrogens with one attached hydrogen (secondary N) is 1. The number of hydrogen-bond acceptors (Lipinski definition) is 5. The highest BCUT2D eigenvalue weighted by Crippen LogP contribution is 2.35. The number of amides is 1. The number of halogens is 3. The molecule has 2 rings (SSSR count). The van der Waals surface area contributed by atoms with Crippen molar-refractivity contribution in [1.29, 1.82) is 0 Å². The normalized spacial score (nSPS) is 12.6. The number of alkyl halides is 3. The number of sulfone groups is 1. The van der Waals surface area contributed by atoms with E-state index in [4.69, 9.17) is 0 Å². The van der Waals surface area contributed by atoms with Gasteiger partial charge in [0, 0.05) is 27.3 Å². The van der Waals surface area contributed by atoms with Gasteiger partial charge in [-0.1, -0.05) is 12.1 Å². The third kappa shape index (κ3) is 3.99. The lowest BCUT2D eigenvalue weighted by atomic mass is 10.3. The minimum atomic E-state index is -5.78. The highest BCUT2D eigenvalue weighted by molar-refractivity contribution is 7.93. The minimum absolute atomic E-state index is 0.0153. The summed E-state index contributed by atoms with van der Waals surface area (Å²) in [6.07, 6.45) is 1.08. The summed E-state index contributed by atoms with van der Waals surface area (Å²) in [6, 6.07) is 4.79. The average Bonchev–Trinajstić information content (AvgIpc) is 2.95. The molecule has 13 heteroatoms. The molecule has 8 nitrogen and oxygen atoms in total. The van der Waals surface area contributed by atoms with Crippen molar-refractivity contribution in [3.63, 3.8) is 0 Å². The molecule has 1 heterocycles. The van der Waals surface area contributed by atoms with Crippen LogP contribution < -0.4 is 4.72 Å². The molecule has 0 fully saturated rings. The van der Waals surface area contributed by atoms with Crippen molar-refractivity contribution in [3.05, 3.63) is 42.2 Å². The van der Waals surface area contributed by atoms with Crippen LogP contribution in [0.15, 0.2) is 46.3 Å². The van der Waals surface area contributed by atoms with Gasteiger partial charge in [-0.3, -0.25) is 9.52 Å². The summed E-state index contributed by atoms with van der Waals surface area (Å²) < 4.78 is 90.2. The summed E-state index contributed by atoms with van der Waals surface area (Å²) in [5.74, 6) is -0.496. The Morgan fingerprint density at radius 3 is 2.21 bits per heavy atom. The second-order valence-electron chi connectivity index (χ2n) is 5.92. The lowest BCUT2D eigenvalue weighted by Crippen LogP contribution is -2.25. The number of anilines is 1. The predicted molar refractivity (Wildman–Crippen MR) is 93.9 cm³/mol. The Labute approximate surface area is 159 Å². The Morgan fingerprint density at radius 1 is 1.11 bits per heavy atom. The van der Waals surface area contributed by atoms with Gasteiger partial charge in [-0.05, 0) is 18.2 Å². The molecule has 0 bridgehead atoms. The number of aryl methyl sites for hydroxylation is 1. The van der Waals surface area contributed by atoms with Crippen LogP contribution in [0.25, 0.3) is 0 Å². The molecule has 0 aliphatic heterocycles. The van der Waals surface area contributed by atoms with Crippen LogP contribution in [0.4, 0.5) is 18.9 Å². The molecular formula is C15H16F3N3O5S2. The molecule has 1 aromatic carbocycles. The quantitative estimate of drug-likeness (QED) is 0.765. The summed E-state index contributed by atoms with van der Waals surface area (Å²) in [5, 5.41) is 0. The number of aromatic nitrogens is 1. The smallest absolute Gasteiger partial charge is 0.345 e. The summed E-state index contributed by atoms with van der Waals surface area (Å²) in [6.45, 7) is 0. The van der Waals surface area contributed by atoms with Gasteiger partial charge in [0.1, 0.15) is 15.5 Å². The number of rotatable bonds is 5. The van der Waals surface area contributed by atoms with Gasteiger partial charge in [-0.25, -0.2) is 16.8 Å². The predicted octanol–water partition coefficient (Wildman–Crippen LogP) is 1.82. The second kappa shape index (κ2) is 7.13. The molecular weight excluding hydrogens is 423 g/mol. The van der Waals surface area contributed by atoms with Crippen molar-refractivity contribution in [2.45, 2.75) is 15.3 Å². The van der Waals surface area contributed by atoms with E-state index >= 15 is 0 Å². The molecule has 0 saturated carbocycles. The molecule has 1 aromatic heterocycles. The van der Waals surface area contributed by atoms with E-state index < -0.39 is 46.8 Å². The Kier molecular flexibility index (Phi) is 5.54. The van der Waals surface area contributed by atoms with Crippen LogP contribution in [0.2, 0.25) is 0 Å². The molecule has 154 valence electrons. The summed E-state index contributed by atoms with van der Waals surface area (Å²) in [4.78, 5) is 11.6. The summed E-state index contributed by atoms with van der Waals surface area (Å²) in [7, 11) is -5.93. The van der Waals surface area contributed by atoms with Gasteiger partial charge in [0.15, 0.2) is 0 Å². The molecule has 0 unspecified atom stereocenters. The fourth-order valence-electron chi connectivity index (χ4n) is 2.24. The minimum Gasteiger partial charge on any atom is -0.345 e. The largest absolute Gasteiger partial charge is 0.501 e. The van der Waals surface area contributed by atoms with E-state index in [1.54, 1.807) is 0 Å². The van der Waals surface area contributed by atoms with E-state index in [0.29, 0.717) is 6.07 Å². The number of para-hydroxylation sites is 1. The van der Waals surface area contributed by atoms with E-state index in [-0.39, 0.29) is 5.69 Å². The van der Waals surface area contributed by atoms with E-state index in [9.17, 15) is 34.8 Å². The standard InChI is InChI=1S/C15H16F3N3O5S2/c1-20(2)14(22)12-8-10(9-21(12)3)28(25,26)19-11-6-4-5-7-13(11)27(23,24)15(16,17)18/h4-9,19H,1-3H3. The molecule has 0 aliphatic rings. The number of sulfonamides is 1. The zero-order valence-electron chi connectivity index (χ0n) is 14.9. The molecule has 0 aliphatic carbocycles. The molecule has 0 spiro atoms. The third-order valence-electron chi connectivity index (χ3n) is 3.64. The monoisotopic (exact) mass is 439 g/mol. The zero-order valence-corrected chi connectivity index (χ0v) is 16.5. The third-order valence-corrected chi connectivity index (χ3v) is 6.52. The van der Waals surface area contributed by atoms with Crippen LogP contribution in [-0.4, -0.2) is 51.8 Å². The fourth-order valence-corrected chi connectivity index (χ4v) is 4.37. The molecule has 28 heavy (non-hydrogen) atoms. The van der Waals surface area contributed by atoms with E-state index in [2.05, 4.69) is 0 Å². The summed E-state index contributed by atoms with van der Waals surface area (Å²) >= 11 is 0. The Hall–Kier alpha value is -2.54. The van der Waals surface area contributed by atoms with Gasteiger partial charge < -0.3 is 9.47 Å². The van der Waals surface area contributed by atoms with Crippen molar-refractivity contribution in [2.24, 2.45) is 7.05 Å². The van der Waals surface area contributed by atoms with E-state index in [1.165, 1.54) is 36.7 Å². The van der Waals surface area contributed by atoms with Gasteiger partial charge in [0.25, 0.3) is 25.8 Å². The highest BCUT2D eigenvalue weighted by Gasteiger charge is 2.48. The van der Waals surface area contributed by atoms with Crippen LogP contribution >= 0.6 is 0 Å². The Morgan fingerprint density at radius 2 is 1.68 bits per heavy atom. The number of carbonyl (C=O) groups excluding carboxylic acids is 1. The van der Waals surface area contributed by atoms with Gasteiger partial charge in [-0.2, -0.15) is 13.2 Å². The second-order valence-corrected chi connectivity index (χ2v) is 9.51. The number of hydrogen-bond donors (Lipinski definition) is 1. The average molecular weight is 439 g/mol. The molecule has 1 amide bonds. The van der Waals surface area contributed by atoms with Crippen molar-refractivity contribution in [2.75, 3.05) is 18.8 Å². The van der Waals surface area contributed by atoms with Crippen LogP contribution in [0.3, 0.4) is 0 Å². The molecule has 1 N–H and O–H groups in total. The van der Waals surface area contributed by atoms with Gasteiger partial charge in [-0.15, -0.1) is 0 Å². The van der Waals surface area contributed by atoms with Crippen LogP contribution in [-0.2, 0) is 26.9 Å². The number of benzene rings is 1. The SMILES string of the molecule is CN(C)C(=O)c1cc(S(=O)(=O)Nc2ccccc2S(=O)(=O)C(F)(F)F)cn1C. The van der Waals surface area contributed by atoms with Crippen molar-refractivity contribution < 1.29 is 34.8 Å². The Bertz CT molecular complexity index is 1120. The van der Waals surface area contributed by atoms with E-state index in [1.807, 2.05) is 4.72 Å². The highest BCUT2D eigenvalue weighted by atomic mass is 32.2. The Balaban J connectivity index is 2.51. The van der Waals surface area contributed by atoms with Gasteiger partial charge in [0.2, 0.25) is 0 Å². The number of carbonyl (C=O) groups is 1. The molecule has 0 saturated heterocycles. The lowest BCUT2D eigenvalue weighted by Gasteiger charge is -2.14. The summed E-state index contributed by atoms with van der Waals surface area (Å²) in [5.41, 5.74) is -6.35. The molecule has 0 radical (unpaired) electrons. The first-order chi connectivity index (χ1) is 12.7. The number of nitrogens with zero attached hydrogens (tertiary/aromatic N) is 2. The van der Waals surface area contributed by atoms with Crippen LogP contribution in [0.5, 0.6) is 0 Å². The van der Waals surface area contributed by atoms with Crippen LogP contribution in [0.1, 0.15) is 10.5 Å². The first-order valence-corrected chi connectivity index (χ1v) is 10.5. The maximum absolute atomic E-state index is 12.9. The zero-order chi connectivity index (χ0) is 21.5. The topological polar surface area (TPSA) is 106 Å². The first-order valence-electron chi connectivity index (χ1n) is 7.49. The van der Waals surface area contributed by atoms with Crippen LogP contribution in [0, 0.1) is 0 Å². The maximum atomic E-state index is 12.9. The van der Waals surface area contributed by atoms with Gasteiger partial charge >= 0.3 is 5.51 Å². The first kappa shape index (κ1) is 21.8. The van der Waals surface area contributed by atoms with Crippen molar-refractivity contribution in [1.82, 2.24) is 9.47 Å². The molecule has 2 aromatic rings. The fraction of sp³-hybridized carbons (Fsp3) is 0.267. The van der Waals surface area contributed by atoms with Crippen molar-refractivity contribution >= 4 is 31.5 Å². The van der Waals surface area contributed by atoms with E-state index in [0.717, 1.165) is 24.4 Å². The molecule has 0 atom stereocenters. The van der Waals surface area contributed by atoms with Gasteiger partial charge in [0.05, 0.1) is 5.69 Å². The van der Waals surface area contributed by atoms with Crippen molar-refractivity contribution in [3.8, 4) is 0 Å².